The summed E-state index contributed by atoms with van der Waals surface area (Å²) in [6, 6.07) is 13.9. The molecule has 0 amide bonds. The lowest BCUT2D eigenvalue weighted by atomic mass is 10.1. The normalized spacial score (nSPS) is 11.2. The van der Waals surface area contributed by atoms with Gasteiger partial charge >= 0.3 is 7.82 Å². The molecule has 1 aromatic heterocycles. The van der Waals surface area contributed by atoms with Crippen molar-refractivity contribution in [2.24, 2.45) is 5.73 Å². The first-order valence-corrected chi connectivity index (χ1v) is 7.46. The highest BCUT2D eigenvalue weighted by atomic mass is 31.2. The molecular formula is C13H14N3O4P. The largest absolute Gasteiger partial charge is 0.466 e. The Bertz CT molecular complexity index is 845. The van der Waals surface area contributed by atoms with Crippen LogP contribution in [0.15, 0.2) is 42.5 Å². The minimum atomic E-state index is -4.64. The van der Waals surface area contributed by atoms with E-state index in [9.17, 15) is 0 Å². The number of H-pyrrole nitrogens is 1. The highest BCUT2D eigenvalue weighted by Crippen LogP contribution is 2.27. The van der Waals surface area contributed by atoms with E-state index >= 15 is 0 Å². The van der Waals surface area contributed by atoms with Gasteiger partial charge in [0.15, 0.2) is 0 Å². The minimum absolute atomic E-state index is 0.0946. The lowest BCUT2D eigenvalue weighted by molar-refractivity contribution is 0.275. The Morgan fingerprint density at radius 2 is 1.62 bits per heavy atom. The maximum atomic E-state index is 8.88. The van der Waals surface area contributed by atoms with E-state index in [0.29, 0.717) is 0 Å². The Morgan fingerprint density at radius 3 is 2.24 bits per heavy atom. The molecule has 21 heavy (non-hydrogen) atoms. The van der Waals surface area contributed by atoms with E-state index in [-0.39, 0.29) is 5.84 Å². The number of benzene rings is 2. The highest BCUT2D eigenvalue weighted by Gasteiger charge is 2.08. The van der Waals surface area contributed by atoms with Crippen LogP contribution in [0, 0.1) is 5.41 Å². The van der Waals surface area contributed by atoms with Gasteiger partial charge in [-0.2, -0.15) is 0 Å². The van der Waals surface area contributed by atoms with E-state index in [2.05, 4.69) is 11.1 Å². The summed E-state index contributed by atoms with van der Waals surface area (Å²) in [4.78, 5) is 24.9. The first-order valence-electron chi connectivity index (χ1n) is 5.89. The fraction of sp³-hybridized carbons (Fsp3) is 0. The molecule has 7 nitrogen and oxygen atoms in total. The number of aromatic nitrogens is 1. The molecule has 0 bridgehead atoms. The molecule has 0 saturated heterocycles. The topological polar surface area (TPSA) is 143 Å². The van der Waals surface area contributed by atoms with Crippen LogP contribution in [0.2, 0.25) is 0 Å². The molecule has 0 radical (unpaired) electrons. The van der Waals surface area contributed by atoms with Crippen molar-refractivity contribution in [3.05, 3.63) is 48.0 Å². The summed E-state index contributed by atoms with van der Waals surface area (Å²) >= 11 is 0. The summed E-state index contributed by atoms with van der Waals surface area (Å²) in [5.41, 5.74) is 8.34. The molecule has 0 unspecified atom stereocenters. The molecule has 3 rings (SSSR count). The number of para-hydroxylation sites is 2. The maximum Gasteiger partial charge on any atom is 0.466 e. The zero-order valence-electron chi connectivity index (χ0n) is 10.8. The SMILES string of the molecule is N=C(N)c1cccc2c1[nH]c1ccccc12.O=P(O)(O)O. The Balaban J connectivity index is 0.000000282. The van der Waals surface area contributed by atoms with Crippen LogP contribution in [0.3, 0.4) is 0 Å². The first-order chi connectivity index (χ1) is 9.77. The van der Waals surface area contributed by atoms with Gasteiger partial charge in [0.2, 0.25) is 0 Å². The molecular weight excluding hydrogens is 293 g/mol. The second-order valence-corrected chi connectivity index (χ2v) is 5.35. The number of hydrogen-bond acceptors (Lipinski definition) is 2. The molecule has 0 atom stereocenters. The van der Waals surface area contributed by atoms with Gasteiger partial charge in [0.1, 0.15) is 5.84 Å². The van der Waals surface area contributed by atoms with Crippen LogP contribution < -0.4 is 5.73 Å². The standard InChI is InChI=1S/C13H11N3.H3O4P/c14-13(15)10-6-3-5-9-8-4-1-2-7-11(8)16-12(9)10;1-5(2,3)4/h1-7,16H,(H3,14,15);(H3,1,2,3,4). The zero-order chi connectivity index (χ0) is 15.6. The van der Waals surface area contributed by atoms with Crippen LogP contribution in [0.5, 0.6) is 0 Å². The zero-order valence-corrected chi connectivity index (χ0v) is 11.7. The molecule has 7 N–H and O–H groups in total. The Hall–Kier alpha value is -2.18. The van der Waals surface area contributed by atoms with Gasteiger partial charge in [-0.25, -0.2) is 4.57 Å². The summed E-state index contributed by atoms with van der Waals surface area (Å²) in [5, 5.41) is 9.83. The van der Waals surface area contributed by atoms with Gasteiger partial charge in [0, 0.05) is 21.9 Å². The summed E-state index contributed by atoms with van der Waals surface area (Å²) < 4.78 is 8.88. The van der Waals surface area contributed by atoms with E-state index in [4.69, 9.17) is 30.4 Å². The summed E-state index contributed by atoms with van der Waals surface area (Å²) in [5.74, 6) is 0.0946. The highest BCUT2D eigenvalue weighted by molar-refractivity contribution is 7.45. The molecule has 0 aliphatic heterocycles. The average molecular weight is 307 g/mol. The number of nitrogens with two attached hydrogens (primary N) is 1. The molecule has 110 valence electrons. The first kappa shape index (κ1) is 15.2. The van der Waals surface area contributed by atoms with Crippen molar-refractivity contribution in [2.45, 2.75) is 0 Å². The van der Waals surface area contributed by atoms with Gasteiger partial charge in [-0.3, -0.25) is 5.41 Å². The van der Waals surface area contributed by atoms with Crippen molar-refractivity contribution < 1.29 is 19.2 Å². The molecule has 3 aromatic rings. The van der Waals surface area contributed by atoms with Crippen molar-refractivity contribution in [1.82, 2.24) is 4.98 Å². The van der Waals surface area contributed by atoms with E-state index in [1.54, 1.807) is 0 Å². The Morgan fingerprint density at radius 1 is 1.05 bits per heavy atom. The van der Waals surface area contributed by atoms with Gasteiger partial charge in [0.25, 0.3) is 0 Å². The van der Waals surface area contributed by atoms with E-state index in [1.807, 2.05) is 36.4 Å². The van der Waals surface area contributed by atoms with Gasteiger partial charge < -0.3 is 25.4 Å². The summed E-state index contributed by atoms with van der Waals surface area (Å²) in [6.07, 6.45) is 0. The third kappa shape index (κ3) is 3.68. The smallest absolute Gasteiger partial charge is 0.384 e. The number of nitrogen functional groups attached to an aromatic ring is 1. The fourth-order valence-corrected chi connectivity index (χ4v) is 2.10. The fourth-order valence-electron chi connectivity index (χ4n) is 2.10. The van der Waals surface area contributed by atoms with Crippen molar-refractivity contribution in [3.63, 3.8) is 0 Å². The van der Waals surface area contributed by atoms with Crippen molar-refractivity contribution >= 4 is 35.5 Å². The second-order valence-electron chi connectivity index (χ2n) is 4.33. The lowest BCUT2D eigenvalue weighted by Gasteiger charge is -1.99. The number of nitrogens with one attached hydrogen (secondary N) is 2. The molecule has 2 aromatic carbocycles. The number of phosphoric acid groups is 1. The van der Waals surface area contributed by atoms with Crippen LogP contribution in [0.1, 0.15) is 5.56 Å². The molecule has 8 heteroatoms. The van der Waals surface area contributed by atoms with Crippen molar-refractivity contribution in [2.75, 3.05) is 0 Å². The summed E-state index contributed by atoms with van der Waals surface area (Å²) in [6.45, 7) is 0. The van der Waals surface area contributed by atoms with Gasteiger partial charge in [0.05, 0.1) is 5.52 Å². The third-order valence-electron chi connectivity index (χ3n) is 2.83. The van der Waals surface area contributed by atoms with Crippen LogP contribution >= 0.6 is 7.82 Å². The molecule has 0 saturated carbocycles. The van der Waals surface area contributed by atoms with Gasteiger partial charge in [-0.15, -0.1) is 0 Å². The quantitative estimate of drug-likeness (QED) is 0.230. The Kier molecular flexibility index (Phi) is 4.11. The maximum absolute atomic E-state index is 8.88. The van der Waals surface area contributed by atoms with Crippen molar-refractivity contribution in [3.8, 4) is 0 Å². The lowest BCUT2D eigenvalue weighted by Crippen LogP contribution is -2.11. The van der Waals surface area contributed by atoms with Crippen LogP contribution in [-0.2, 0) is 4.57 Å². The molecule has 0 fully saturated rings. The average Bonchev–Trinajstić information content (AvgIpc) is 2.74. The van der Waals surface area contributed by atoms with E-state index < -0.39 is 7.82 Å². The molecule has 1 heterocycles. The third-order valence-corrected chi connectivity index (χ3v) is 2.83. The van der Waals surface area contributed by atoms with Crippen LogP contribution in [0.4, 0.5) is 0 Å². The number of rotatable bonds is 1. The molecule has 0 aliphatic carbocycles. The summed E-state index contributed by atoms with van der Waals surface area (Å²) in [7, 11) is -4.64. The van der Waals surface area contributed by atoms with E-state index in [1.165, 1.54) is 5.39 Å². The van der Waals surface area contributed by atoms with Crippen LogP contribution in [0.25, 0.3) is 21.8 Å². The Labute approximate surface area is 119 Å². The predicted octanol–water partition coefficient (Wildman–Crippen LogP) is 1.68. The molecule has 0 spiro atoms. The predicted molar refractivity (Wildman–Crippen MR) is 81.1 cm³/mol. The molecule has 0 aliphatic rings. The van der Waals surface area contributed by atoms with Crippen molar-refractivity contribution in [1.29, 1.82) is 5.41 Å². The second kappa shape index (κ2) is 5.67. The van der Waals surface area contributed by atoms with Gasteiger partial charge in [-0.05, 0) is 12.1 Å². The number of aromatic amines is 1. The number of hydrogen-bond donors (Lipinski definition) is 6. The van der Waals surface area contributed by atoms with Gasteiger partial charge in [-0.1, -0.05) is 30.3 Å². The monoisotopic (exact) mass is 307 g/mol. The number of amidine groups is 1. The number of fused-ring (bicyclic) bond motifs is 3. The minimum Gasteiger partial charge on any atom is -0.384 e. The van der Waals surface area contributed by atoms with E-state index in [0.717, 1.165) is 22.0 Å². The van der Waals surface area contributed by atoms with Crippen LogP contribution in [-0.4, -0.2) is 25.5 Å².